The van der Waals surface area contributed by atoms with Gasteiger partial charge in [-0.15, -0.1) is 11.3 Å². The number of carboxylic acids is 1. The van der Waals surface area contributed by atoms with Gasteiger partial charge in [-0.2, -0.15) is 0 Å². The van der Waals surface area contributed by atoms with Crippen molar-refractivity contribution in [1.29, 1.82) is 0 Å². The molecule has 5 rings (SSSR count). The lowest BCUT2D eigenvalue weighted by Gasteiger charge is -2.14. The van der Waals surface area contributed by atoms with Crippen molar-refractivity contribution in [2.45, 2.75) is 30.8 Å². The van der Waals surface area contributed by atoms with Crippen molar-refractivity contribution in [2.75, 3.05) is 11.1 Å². The molecular weight excluding hydrogens is 550 g/mol. The van der Waals surface area contributed by atoms with E-state index in [1.165, 1.54) is 28.8 Å². The van der Waals surface area contributed by atoms with Crippen LogP contribution in [0.15, 0.2) is 63.0 Å². The second-order valence-electron chi connectivity index (χ2n) is 8.12. The molecule has 2 aromatic heterocycles. The molecule has 1 amide bonds. The zero-order valence-electron chi connectivity index (χ0n) is 18.4. The zero-order chi connectivity index (χ0) is 24.5. The highest BCUT2D eigenvalue weighted by molar-refractivity contribution is 9.10. The summed E-state index contributed by atoms with van der Waals surface area (Å²) in [6.45, 7) is 0. The first-order chi connectivity index (χ1) is 16.9. The smallest absolute Gasteiger partial charge is 0.335 e. The Labute approximate surface area is 217 Å². The highest BCUT2D eigenvalue weighted by atomic mass is 79.9. The topological polar surface area (TPSA) is 101 Å². The van der Waals surface area contributed by atoms with Crippen LogP contribution < -0.4 is 10.9 Å². The van der Waals surface area contributed by atoms with Crippen LogP contribution in [0.3, 0.4) is 0 Å². The van der Waals surface area contributed by atoms with Crippen LogP contribution in [0.4, 0.5) is 5.69 Å². The number of aromatic carboxylic acids is 1. The van der Waals surface area contributed by atoms with Gasteiger partial charge in [-0.25, -0.2) is 9.78 Å². The number of aryl methyl sites for hydroxylation is 2. The molecule has 0 saturated heterocycles. The van der Waals surface area contributed by atoms with Gasteiger partial charge < -0.3 is 10.4 Å². The molecule has 0 atom stereocenters. The highest BCUT2D eigenvalue weighted by Gasteiger charge is 2.23. The Morgan fingerprint density at radius 1 is 1.09 bits per heavy atom. The molecule has 0 radical (unpaired) electrons. The minimum absolute atomic E-state index is 0.0419. The lowest BCUT2D eigenvalue weighted by atomic mass is 9.97. The van der Waals surface area contributed by atoms with Crippen LogP contribution in [0.1, 0.15) is 33.6 Å². The van der Waals surface area contributed by atoms with Crippen molar-refractivity contribution in [3.8, 4) is 5.69 Å². The number of halogens is 1. The maximum atomic E-state index is 13.7. The number of thiophene rings is 1. The summed E-state index contributed by atoms with van der Waals surface area (Å²) in [6, 6.07) is 13.4. The zero-order valence-corrected chi connectivity index (χ0v) is 21.6. The van der Waals surface area contributed by atoms with Crippen LogP contribution in [0.2, 0.25) is 0 Å². The maximum Gasteiger partial charge on any atom is 0.335 e. The molecule has 7 nitrogen and oxygen atoms in total. The third-order valence-electron chi connectivity index (χ3n) is 5.79. The number of hydrogen-bond acceptors (Lipinski definition) is 6. The number of benzene rings is 2. The maximum absolute atomic E-state index is 13.7. The van der Waals surface area contributed by atoms with E-state index in [0.29, 0.717) is 21.9 Å². The fraction of sp³-hybridized carbons (Fsp3) is 0.200. The van der Waals surface area contributed by atoms with Crippen LogP contribution in [0.5, 0.6) is 0 Å². The molecule has 0 bridgehead atoms. The summed E-state index contributed by atoms with van der Waals surface area (Å²) in [5.74, 6) is -1.26. The molecule has 35 heavy (non-hydrogen) atoms. The molecule has 1 aliphatic carbocycles. The summed E-state index contributed by atoms with van der Waals surface area (Å²) < 4.78 is 2.49. The Bertz CT molecular complexity index is 1490. The molecular formula is C25H20BrN3O4S2. The summed E-state index contributed by atoms with van der Waals surface area (Å²) in [5.41, 5.74) is 2.35. The van der Waals surface area contributed by atoms with Crippen molar-refractivity contribution in [2.24, 2.45) is 0 Å². The minimum atomic E-state index is -1.03. The SMILES string of the molecule is O=C(CSc1nc2sc3c(c2c(=O)n1-c1ccc(Br)cc1)CCCC3)Nc1ccc(C(=O)O)cc1. The van der Waals surface area contributed by atoms with E-state index in [0.717, 1.165) is 40.5 Å². The molecule has 0 spiro atoms. The van der Waals surface area contributed by atoms with Crippen molar-refractivity contribution in [3.05, 3.63) is 79.4 Å². The highest BCUT2D eigenvalue weighted by Crippen LogP contribution is 2.35. The number of amides is 1. The number of carbonyl (C=O) groups excluding carboxylic acids is 1. The van der Waals surface area contributed by atoms with E-state index in [-0.39, 0.29) is 22.8 Å². The molecule has 2 heterocycles. The van der Waals surface area contributed by atoms with Crippen LogP contribution >= 0.6 is 39.0 Å². The molecule has 0 unspecified atom stereocenters. The average molecular weight is 570 g/mol. The molecule has 0 aliphatic heterocycles. The predicted molar refractivity (Wildman–Crippen MR) is 142 cm³/mol. The molecule has 2 aromatic carbocycles. The quantitative estimate of drug-likeness (QED) is 0.234. The minimum Gasteiger partial charge on any atom is -0.478 e. The number of hydrogen-bond donors (Lipinski definition) is 2. The van der Waals surface area contributed by atoms with Crippen LogP contribution in [0.25, 0.3) is 15.9 Å². The van der Waals surface area contributed by atoms with Crippen LogP contribution in [0, 0.1) is 0 Å². The molecule has 178 valence electrons. The number of anilines is 1. The van der Waals surface area contributed by atoms with Gasteiger partial charge in [0, 0.05) is 15.0 Å². The van der Waals surface area contributed by atoms with Gasteiger partial charge in [0.25, 0.3) is 5.56 Å². The van der Waals surface area contributed by atoms with Gasteiger partial charge in [-0.3, -0.25) is 14.2 Å². The summed E-state index contributed by atoms with van der Waals surface area (Å²) in [4.78, 5) is 44.2. The number of aromatic nitrogens is 2. The number of carboxylic acid groups (broad SMARTS) is 1. The second kappa shape index (κ2) is 9.96. The first kappa shape index (κ1) is 23.8. The van der Waals surface area contributed by atoms with E-state index >= 15 is 0 Å². The number of carbonyl (C=O) groups is 2. The summed E-state index contributed by atoms with van der Waals surface area (Å²) >= 11 is 6.22. The first-order valence-electron chi connectivity index (χ1n) is 11.0. The average Bonchev–Trinajstić information content (AvgIpc) is 3.22. The van der Waals surface area contributed by atoms with E-state index in [2.05, 4.69) is 21.2 Å². The predicted octanol–water partition coefficient (Wildman–Crippen LogP) is 5.52. The van der Waals surface area contributed by atoms with E-state index in [9.17, 15) is 14.4 Å². The number of nitrogens with one attached hydrogen (secondary N) is 1. The summed E-state index contributed by atoms with van der Waals surface area (Å²) in [7, 11) is 0. The van der Waals surface area contributed by atoms with E-state index in [4.69, 9.17) is 10.1 Å². The van der Waals surface area contributed by atoms with Crippen molar-refractivity contribution in [1.82, 2.24) is 9.55 Å². The van der Waals surface area contributed by atoms with Gasteiger partial charge in [0.05, 0.1) is 22.4 Å². The van der Waals surface area contributed by atoms with Gasteiger partial charge >= 0.3 is 5.97 Å². The van der Waals surface area contributed by atoms with Gasteiger partial charge in [0.15, 0.2) is 5.16 Å². The Balaban J connectivity index is 1.47. The third kappa shape index (κ3) is 4.91. The van der Waals surface area contributed by atoms with E-state index < -0.39 is 5.97 Å². The molecule has 4 aromatic rings. The summed E-state index contributed by atoms with van der Waals surface area (Å²) in [6.07, 6.45) is 4.05. The Morgan fingerprint density at radius 3 is 2.51 bits per heavy atom. The number of rotatable bonds is 6. The summed E-state index contributed by atoms with van der Waals surface area (Å²) in [5, 5.41) is 12.9. The fourth-order valence-corrected chi connectivity index (χ4v) is 6.50. The van der Waals surface area contributed by atoms with Crippen molar-refractivity contribution in [3.63, 3.8) is 0 Å². The fourth-order valence-electron chi connectivity index (χ4n) is 4.12. The second-order valence-corrected chi connectivity index (χ2v) is 11.1. The molecule has 0 saturated carbocycles. The van der Waals surface area contributed by atoms with Crippen molar-refractivity contribution < 1.29 is 14.7 Å². The Kier molecular flexibility index (Phi) is 6.77. The van der Waals surface area contributed by atoms with Crippen LogP contribution in [-0.2, 0) is 17.6 Å². The molecule has 1 aliphatic rings. The van der Waals surface area contributed by atoms with Crippen LogP contribution in [-0.4, -0.2) is 32.3 Å². The normalized spacial score (nSPS) is 12.9. The lowest BCUT2D eigenvalue weighted by Crippen LogP contribution is -2.23. The first-order valence-corrected chi connectivity index (χ1v) is 13.6. The Morgan fingerprint density at radius 2 is 1.80 bits per heavy atom. The molecule has 0 fully saturated rings. The molecule has 2 N–H and O–H groups in total. The number of thioether (sulfide) groups is 1. The largest absolute Gasteiger partial charge is 0.478 e. The number of fused-ring (bicyclic) bond motifs is 3. The van der Waals surface area contributed by atoms with E-state index in [1.807, 2.05) is 24.3 Å². The standard InChI is InChI=1S/C25H20BrN3O4S2/c26-15-7-11-17(12-8-15)29-23(31)21-18-3-1-2-4-19(18)35-22(21)28-25(29)34-13-20(30)27-16-9-5-14(6-10-16)24(32)33/h5-12H,1-4,13H2,(H,27,30)(H,32,33). The molecule has 10 heteroatoms. The van der Waals surface area contributed by atoms with Crippen molar-refractivity contribution >= 4 is 66.8 Å². The van der Waals surface area contributed by atoms with E-state index in [1.54, 1.807) is 28.0 Å². The Hall–Kier alpha value is -2.95. The van der Waals surface area contributed by atoms with Gasteiger partial charge in [-0.1, -0.05) is 27.7 Å². The third-order valence-corrected chi connectivity index (χ3v) is 8.44. The van der Waals surface area contributed by atoms with Gasteiger partial charge in [0.2, 0.25) is 5.91 Å². The lowest BCUT2D eigenvalue weighted by molar-refractivity contribution is -0.113. The van der Waals surface area contributed by atoms with Gasteiger partial charge in [0.1, 0.15) is 4.83 Å². The van der Waals surface area contributed by atoms with Gasteiger partial charge in [-0.05, 0) is 79.8 Å². The monoisotopic (exact) mass is 569 g/mol. The number of nitrogens with zero attached hydrogens (tertiary/aromatic N) is 2.